The molecule has 3 aromatic rings. The summed E-state index contributed by atoms with van der Waals surface area (Å²) in [7, 11) is 1.57. The number of hydrogen-bond donors (Lipinski definition) is 0. The van der Waals surface area contributed by atoms with Crippen LogP contribution in [0.25, 0.3) is 11.4 Å². The Bertz CT molecular complexity index is 879. The lowest BCUT2D eigenvalue weighted by atomic mass is 10.2. The molecule has 0 saturated heterocycles. The Kier molecular flexibility index (Phi) is 5.35. The number of esters is 1. The lowest BCUT2D eigenvalue weighted by Gasteiger charge is -2.06. The summed E-state index contributed by atoms with van der Waals surface area (Å²) in [5.41, 5.74) is 1.22. The Labute approximate surface area is 149 Å². The Balaban J connectivity index is 1.71. The van der Waals surface area contributed by atoms with E-state index in [-0.39, 0.29) is 12.5 Å². The van der Waals surface area contributed by atoms with Crippen molar-refractivity contribution in [1.82, 2.24) is 10.1 Å². The molecule has 0 bridgehead atoms. The van der Waals surface area contributed by atoms with E-state index in [0.29, 0.717) is 22.7 Å². The van der Waals surface area contributed by atoms with E-state index in [0.717, 1.165) is 4.90 Å². The lowest BCUT2D eigenvalue weighted by Crippen LogP contribution is -2.06. The molecular formula is C18H16N2O4S. The van der Waals surface area contributed by atoms with Crippen molar-refractivity contribution in [2.24, 2.45) is 0 Å². The van der Waals surface area contributed by atoms with Gasteiger partial charge in [0.25, 0.3) is 5.89 Å². The summed E-state index contributed by atoms with van der Waals surface area (Å²) in [6.07, 6.45) is 1.91. The molecule has 0 aliphatic carbocycles. The van der Waals surface area contributed by atoms with Crippen LogP contribution in [-0.2, 0) is 11.3 Å². The third-order valence-electron chi connectivity index (χ3n) is 3.47. The standard InChI is InChI=1S/C18H16N2O4S/c1-22-14-9-5-3-7-12(14)17-19-16(24-20-17)11-23-18(21)13-8-4-6-10-15(13)25-2/h3-10H,11H2,1-2H3. The van der Waals surface area contributed by atoms with Gasteiger partial charge in [-0.1, -0.05) is 29.4 Å². The largest absolute Gasteiger partial charge is 0.496 e. The van der Waals surface area contributed by atoms with Gasteiger partial charge in [0.05, 0.1) is 18.2 Å². The van der Waals surface area contributed by atoms with Crippen LogP contribution in [0.2, 0.25) is 0 Å². The topological polar surface area (TPSA) is 74.5 Å². The number of methoxy groups -OCH3 is 1. The van der Waals surface area contributed by atoms with Crippen LogP contribution in [0.4, 0.5) is 0 Å². The molecule has 0 spiro atoms. The van der Waals surface area contributed by atoms with E-state index in [4.69, 9.17) is 14.0 Å². The van der Waals surface area contributed by atoms with Gasteiger partial charge >= 0.3 is 5.97 Å². The van der Waals surface area contributed by atoms with Gasteiger partial charge in [-0.15, -0.1) is 11.8 Å². The van der Waals surface area contributed by atoms with Crippen molar-refractivity contribution < 1.29 is 18.8 Å². The highest BCUT2D eigenvalue weighted by Gasteiger charge is 2.16. The Morgan fingerprint density at radius 3 is 2.72 bits per heavy atom. The minimum absolute atomic E-state index is 0.0936. The zero-order chi connectivity index (χ0) is 17.6. The number of carbonyl (C=O) groups is 1. The van der Waals surface area contributed by atoms with Crippen molar-refractivity contribution in [2.75, 3.05) is 13.4 Å². The molecule has 0 aliphatic rings. The SMILES string of the molecule is COc1ccccc1-c1noc(COC(=O)c2ccccc2SC)n1. The second-order valence-corrected chi connectivity index (χ2v) is 5.84. The normalized spacial score (nSPS) is 10.5. The van der Waals surface area contributed by atoms with Gasteiger partial charge in [-0.05, 0) is 30.5 Å². The van der Waals surface area contributed by atoms with E-state index in [1.165, 1.54) is 11.8 Å². The summed E-state index contributed by atoms with van der Waals surface area (Å²) in [4.78, 5) is 17.3. The fraction of sp³-hybridized carbons (Fsp3) is 0.167. The van der Waals surface area contributed by atoms with E-state index >= 15 is 0 Å². The molecule has 1 heterocycles. The fourth-order valence-electron chi connectivity index (χ4n) is 2.27. The van der Waals surface area contributed by atoms with Crippen molar-refractivity contribution >= 4 is 17.7 Å². The number of nitrogens with zero attached hydrogens (tertiary/aromatic N) is 2. The first kappa shape index (κ1) is 17.0. The number of hydrogen-bond acceptors (Lipinski definition) is 7. The first-order chi connectivity index (χ1) is 12.2. The summed E-state index contributed by atoms with van der Waals surface area (Å²) in [6.45, 7) is -0.0936. The van der Waals surface area contributed by atoms with E-state index in [1.807, 2.05) is 42.7 Å². The van der Waals surface area contributed by atoms with Crippen LogP contribution in [-0.4, -0.2) is 29.5 Å². The number of aromatic nitrogens is 2. The molecule has 0 saturated carbocycles. The van der Waals surface area contributed by atoms with E-state index < -0.39 is 5.97 Å². The second kappa shape index (κ2) is 7.85. The maximum absolute atomic E-state index is 12.2. The van der Waals surface area contributed by atoms with Crippen LogP contribution in [0.15, 0.2) is 57.9 Å². The van der Waals surface area contributed by atoms with Gasteiger partial charge in [-0.3, -0.25) is 0 Å². The molecule has 0 radical (unpaired) electrons. The molecule has 0 aliphatic heterocycles. The predicted octanol–water partition coefficient (Wildman–Crippen LogP) is 3.82. The van der Waals surface area contributed by atoms with E-state index in [2.05, 4.69) is 10.1 Å². The average molecular weight is 356 g/mol. The molecule has 0 atom stereocenters. The highest BCUT2D eigenvalue weighted by atomic mass is 32.2. The highest BCUT2D eigenvalue weighted by molar-refractivity contribution is 7.98. The average Bonchev–Trinajstić information content (AvgIpc) is 3.14. The summed E-state index contributed by atoms with van der Waals surface area (Å²) in [5.74, 6) is 0.812. The molecule has 3 rings (SSSR count). The maximum atomic E-state index is 12.2. The predicted molar refractivity (Wildman–Crippen MR) is 93.6 cm³/mol. The zero-order valence-electron chi connectivity index (χ0n) is 13.8. The Morgan fingerprint density at radius 1 is 1.16 bits per heavy atom. The molecule has 1 aromatic heterocycles. The number of thioether (sulfide) groups is 1. The van der Waals surface area contributed by atoms with Crippen molar-refractivity contribution in [3.05, 3.63) is 60.0 Å². The summed E-state index contributed by atoms with van der Waals surface area (Å²) in [5, 5.41) is 3.92. The Morgan fingerprint density at radius 2 is 1.92 bits per heavy atom. The molecule has 0 amide bonds. The quantitative estimate of drug-likeness (QED) is 0.491. The Hall–Kier alpha value is -2.80. The summed E-state index contributed by atoms with van der Waals surface area (Å²) >= 11 is 1.48. The number of rotatable bonds is 6. The van der Waals surface area contributed by atoms with Crippen LogP contribution >= 0.6 is 11.8 Å². The first-order valence-electron chi connectivity index (χ1n) is 7.49. The molecular weight excluding hydrogens is 340 g/mol. The minimum Gasteiger partial charge on any atom is -0.496 e. The van der Waals surface area contributed by atoms with E-state index in [1.54, 1.807) is 19.2 Å². The van der Waals surface area contributed by atoms with Crippen LogP contribution in [0.5, 0.6) is 5.75 Å². The lowest BCUT2D eigenvalue weighted by molar-refractivity contribution is 0.0425. The van der Waals surface area contributed by atoms with Crippen molar-refractivity contribution in [2.45, 2.75) is 11.5 Å². The smallest absolute Gasteiger partial charge is 0.339 e. The molecule has 0 unspecified atom stereocenters. The number of ether oxygens (including phenoxy) is 2. The molecule has 25 heavy (non-hydrogen) atoms. The van der Waals surface area contributed by atoms with Crippen LogP contribution in [0.1, 0.15) is 16.2 Å². The van der Waals surface area contributed by atoms with E-state index in [9.17, 15) is 4.79 Å². The third-order valence-corrected chi connectivity index (χ3v) is 4.27. The molecule has 7 heteroatoms. The summed E-state index contributed by atoms with van der Waals surface area (Å²) in [6, 6.07) is 14.6. The molecule has 6 nitrogen and oxygen atoms in total. The second-order valence-electron chi connectivity index (χ2n) is 4.99. The van der Waals surface area contributed by atoms with Crippen LogP contribution in [0, 0.1) is 0 Å². The van der Waals surface area contributed by atoms with Gasteiger partial charge in [0.15, 0.2) is 6.61 Å². The van der Waals surface area contributed by atoms with Gasteiger partial charge in [-0.25, -0.2) is 4.79 Å². The molecule has 0 fully saturated rings. The monoisotopic (exact) mass is 356 g/mol. The van der Waals surface area contributed by atoms with Crippen LogP contribution in [0.3, 0.4) is 0 Å². The number of para-hydroxylation sites is 1. The van der Waals surface area contributed by atoms with Gasteiger partial charge in [0.2, 0.25) is 5.82 Å². The number of carbonyl (C=O) groups excluding carboxylic acids is 1. The van der Waals surface area contributed by atoms with Crippen molar-refractivity contribution in [1.29, 1.82) is 0 Å². The van der Waals surface area contributed by atoms with Gasteiger partial charge in [-0.2, -0.15) is 4.98 Å². The zero-order valence-corrected chi connectivity index (χ0v) is 14.6. The molecule has 128 valence electrons. The molecule has 2 aromatic carbocycles. The maximum Gasteiger partial charge on any atom is 0.339 e. The van der Waals surface area contributed by atoms with Crippen LogP contribution < -0.4 is 4.74 Å². The fourth-order valence-corrected chi connectivity index (χ4v) is 2.86. The van der Waals surface area contributed by atoms with Gasteiger partial charge in [0, 0.05) is 4.90 Å². The molecule has 0 N–H and O–H groups in total. The number of benzene rings is 2. The van der Waals surface area contributed by atoms with Crippen molar-refractivity contribution in [3.8, 4) is 17.1 Å². The van der Waals surface area contributed by atoms with Gasteiger partial charge in [0.1, 0.15) is 5.75 Å². The van der Waals surface area contributed by atoms with Crippen molar-refractivity contribution in [3.63, 3.8) is 0 Å². The minimum atomic E-state index is -0.429. The first-order valence-corrected chi connectivity index (χ1v) is 8.71. The third kappa shape index (κ3) is 3.83. The highest BCUT2D eigenvalue weighted by Crippen LogP contribution is 2.27. The van der Waals surface area contributed by atoms with Gasteiger partial charge < -0.3 is 14.0 Å². The summed E-state index contributed by atoms with van der Waals surface area (Å²) < 4.78 is 15.7.